The Bertz CT molecular complexity index is 1300. The van der Waals surface area contributed by atoms with E-state index in [-0.39, 0.29) is 11.3 Å². The number of para-hydroxylation sites is 1. The molecule has 3 aromatic heterocycles. The van der Waals surface area contributed by atoms with Gasteiger partial charge in [0.25, 0.3) is 0 Å². The largest absolute Gasteiger partial charge is 0.505 e. The number of hydrogen-bond acceptors (Lipinski definition) is 6. The van der Waals surface area contributed by atoms with Crippen LogP contribution in [0.25, 0.3) is 27.2 Å². The average Bonchev–Trinajstić information content (AvgIpc) is 3.40. The molecule has 0 radical (unpaired) electrons. The Morgan fingerprint density at radius 1 is 1.17 bits per heavy atom. The Morgan fingerprint density at radius 2 is 2.00 bits per heavy atom. The molecule has 0 aliphatic carbocycles. The van der Waals surface area contributed by atoms with Crippen molar-refractivity contribution in [2.45, 2.75) is 39.2 Å². The van der Waals surface area contributed by atoms with Crippen LogP contribution in [0, 0.1) is 18.3 Å². The number of aliphatic hydroxyl groups is 1. The summed E-state index contributed by atoms with van der Waals surface area (Å²) in [6.45, 7) is 2.72. The maximum absolute atomic E-state index is 11.1. The van der Waals surface area contributed by atoms with E-state index in [4.69, 9.17) is 0 Å². The standard InChI is InChI=1S/C22H20N6OS/c1-14-16-12-18(30-22(16)28(26-14)15-8-4-2-5-9-15)20(29)17(13-23)21-25-24-19-10-6-3-7-11-27(19)21/h2,4-5,8-9,12,29H,3,6-7,10-11H2,1H3. The molecule has 1 N–H and O–H groups in total. The lowest BCUT2D eigenvalue weighted by Crippen LogP contribution is -2.06. The monoisotopic (exact) mass is 416 g/mol. The Morgan fingerprint density at radius 3 is 2.80 bits per heavy atom. The molecule has 0 spiro atoms. The first-order chi connectivity index (χ1) is 14.7. The Labute approximate surface area is 177 Å². The first-order valence-electron chi connectivity index (χ1n) is 9.98. The van der Waals surface area contributed by atoms with E-state index >= 15 is 0 Å². The second kappa shape index (κ2) is 7.43. The van der Waals surface area contributed by atoms with Gasteiger partial charge in [0.15, 0.2) is 11.6 Å². The molecule has 0 bridgehead atoms. The van der Waals surface area contributed by atoms with Crippen LogP contribution in [-0.2, 0) is 13.0 Å². The van der Waals surface area contributed by atoms with Crippen LogP contribution in [0.1, 0.15) is 41.5 Å². The number of allylic oxidation sites excluding steroid dienone is 1. The molecule has 1 aliphatic rings. The van der Waals surface area contributed by atoms with Gasteiger partial charge in [0.05, 0.1) is 16.3 Å². The quantitative estimate of drug-likeness (QED) is 0.387. The fraction of sp³-hybridized carbons (Fsp3) is 0.273. The second-order valence-electron chi connectivity index (χ2n) is 7.40. The summed E-state index contributed by atoms with van der Waals surface area (Å²) in [7, 11) is 0. The number of aromatic nitrogens is 5. The summed E-state index contributed by atoms with van der Waals surface area (Å²) < 4.78 is 3.85. The van der Waals surface area contributed by atoms with Gasteiger partial charge in [-0.2, -0.15) is 10.4 Å². The van der Waals surface area contributed by atoms with Gasteiger partial charge < -0.3 is 9.67 Å². The SMILES string of the molecule is Cc1nn(-c2ccccc2)c2sc(C(O)=C(C#N)c3nnc4n3CCCCC4)cc12. The normalized spacial score (nSPS) is 14.8. The number of aliphatic hydroxyl groups excluding tert-OH is 1. The predicted octanol–water partition coefficient (Wildman–Crippen LogP) is 4.66. The van der Waals surface area contributed by atoms with Gasteiger partial charge in [-0.05, 0) is 38.0 Å². The minimum absolute atomic E-state index is 0.0582. The molecule has 8 heteroatoms. The van der Waals surface area contributed by atoms with Gasteiger partial charge in [-0.15, -0.1) is 21.5 Å². The summed E-state index contributed by atoms with van der Waals surface area (Å²) in [6, 6.07) is 13.9. The van der Waals surface area contributed by atoms with Crippen LogP contribution in [0.4, 0.5) is 0 Å². The highest BCUT2D eigenvalue weighted by atomic mass is 32.1. The summed E-state index contributed by atoms with van der Waals surface area (Å²) in [6.07, 6.45) is 4.07. The number of fused-ring (bicyclic) bond motifs is 2. The van der Waals surface area contributed by atoms with Gasteiger partial charge in [-0.1, -0.05) is 24.6 Å². The molecule has 4 aromatic rings. The molecular weight excluding hydrogens is 396 g/mol. The van der Waals surface area contributed by atoms with E-state index in [1.165, 1.54) is 11.3 Å². The topological polar surface area (TPSA) is 92.5 Å². The van der Waals surface area contributed by atoms with E-state index in [9.17, 15) is 10.4 Å². The zero-order chi connectivity index (χ0) is 20.7. The molecule has 0 fully saturated rings. The van der Waals surface area contributed by atoms with Gasteiger partial charge in [-0.25, -0.2) is 4.68 Å². The Kier molecular flexibility index (Phi) is 4.60. The smallest absolute Gasteiger partial charge is 0.178 e. The predicted molar refractivity (Wildman–Crippen MR) is 116 cm³/mol. The zero-order valence-electron chi connectivity index (χ0n) is 16.5. The molecule has 30 heavy (non-hydrogen) atoms. The van der Waals surface area contributed by atoms with Crippen molar-refractivity contribution in [2.24, 2.45) is 0 Å². The van der Waals surface area contributed by atoms with Crippen LogP contribution in [0.2, 0.25) is 0 Å². The van der Waals surface area contributed by atoms with Crippen LogP contribution in [0.5, 0.6) is 0 Å². The van der Waals surface area contributed by atoms with Gasteiger partial charge in [-0.3, -0.25) is 0 Å². The van der Waals surface area contributed by atoms with Crippen LogP contribution in [-0.4, -0.2) is 29.7 Å². The molecule has 4 heterocycles. The van der Waals surface area contributed by atoms with Crippen LogP contribution in [0.3, 0.4) is 0 Å². The lowest BCUT2D eigenvalue weighted by Gasteiger charge is -2.07. The molecular formula is C22H20N6OS. The highest BCUT2D eigenvalue weighted by Gasteiger charge is 2.23. The van der Waals surface area contributed by atoms with Gasteiger partial charge in [0.1, 0.15) is 22.3 Å². The lowest BCUT2D eigenvalue weighted by atomic mass is 10.2. The third-order valence-corrected chi connectivity index (χ3v) is 6.58. The molecule has 0 atom stereocenters. The summed E-state index contributed by atoms with van der Waals surface area (Å²) in [4.78, 5) is 1.55. The molecule has 1 aliphatic heterocycles. The number of hydrogen-bond donors (Lipinski definition) is 1. The minimum Gasteiger partial charge on any atom is -0.505 e. The highest BCUT2D eigenvalue weighted by Crippen LogP contribution is 2.36. The summed E-state index contributed by atoms with van der Waals surface area (Å²) in [5, 5.41) is 35.0. The maximum Gasteiger partial charge on any atom is 0.178 e. The van der Waals surface area contributed by atoms with Crippen molar-refractivity contribution in [2.75, 3.05) is 0 Å². The summed E-state index contributed by atoms with van der Waals surface area (Å²) in [5.74, 6) is 1.28. The van der Waals surface area contributed by atoms with Gasteiger partial charge in [0.2, 0.25) is 0 Å². The number of nitriles is 1. The molecule has 150 valence electrons. The molecule has 0 unspecified atom stereocenters. The van der Waals surface area contributed by atoms with E-state index in [1.807, 2.05) is 52.6 Å². The molecule has 0 saturated heterocycles. The molecule has 0 amide bonds. The van der Waals surface area contributed by atoms with E-state index in [1.54, 1.807) is 0 Å². The third kappa shape index (κ3) is 2.99. The van der Waals surface area contributed by atoms with Crippen molar-refractivity contribution in [3.63, 3.8) is 0 Å². The highest BCUT2D eigenvalue weighted by molar-refractivity contribution is 7.19. The molecule has 5 rings (SSSR count). The first-order valence-corrected chi connectivity index (χ1v) is 10.8. The van der Waals surface area contributed by atoms with Crippen LogP contribution < -0.4 is 0 Å². The van der Waals surface area contributed by atoms with Gasteiger partial charge in [0, 0.05) is 18.4 Å². The number of rotatable bonds is 3. The number of aryl methyl sites for hydroxylation is 2. The Hall–Kier alpha value is -3.44. The number of thiophene rings is 1. The number of benzene rings is 1. The van der Waals surface area contributed by atoms with Crippen molar-refractivity contribution < 1.29 is 5.11 Å². The summed E-state index contributed by atoms with van der Waals surface area (Å²) in [5.41, 5.74) is 1.99. The third-order valence-electron chi connectivity index (χ3n) is 5.46. The van der Waals surface area contributed by atoms with Crippen LogP contribution in [0.15, 0.2) is 36.4 Å². The van der Waals surface area contributed by atoms with Gasteiger partial charge >= 0.3 is 0 Å². The average molecular weight is 417 g/mol. The minimum atomic E-state index is -0.0582. The fourth-order valence-electron chi connectivity index (χ4n) is 3.91. The molecule has 0 saturated carbocycles. The van der Waals surface area contributed by atoms with E-state index in [0.717, 1.165) is 59.7 Å². The van der Waals surface area contributed by atoms with E-state index in [2.05, 4.69) is 21.4 Å². The fourth-order valence-corrected chi connectivity index (χ4v) is 5.04. The summed E-state index contributed by atoms with van der Waals surface area (Å²) >= 11 is 1.41. The van der Waals surface area contributed by atoms with Crippen molar-refractivity contribution in [3.05, 3.63) is 58.6 Å². The Balaban J connectivity index is 1.64. The zero-order valence-corrected chi connectivity index (χ0v) is 17.4. The molecule has 7 nitrogen and oxygen atoms in total. The first kappa shape index (κ1) is 18.6. The van der Waals surface area contributed by atoms with Crippen molar-refractivity contribution in [3.8, 4) is 11.8 Å². The van der Waals surface area contributed by atoms with Crippen LogP contribution >= 0.6 is 11.3 Å². The van der Waals surface area contributed by atoms with Crippen molar-refractivity contribution in [1.82, 2.24) is 24.5 Å². The maximum atomic E-state index is 11.1. The van der Waals surface area contributed by atoms with E-state index < -0.39 is 0 Å². The van der Waals surface area contributed by atoms with Crippen molar-refractivity contribution in [1.29, 1.82) is 5.26 Å². The second-order valence-corrected chi connectivity index (χ2v) is 8.43. The lowest BCUT2D eigenvalue weighted by molar-refractivity contribution is 0.515. The molecule has 1 aromatic carbocycles. The van der Waals surface area contributed by atoms with Crippen molar-refractivity contribution >= 4 is 32.9 Å². The van der Waals surface area contributed by atoms with E-state index in [0.29, 0.717) is 10.7 Å². The number of nitrogens with zero attached hydrogens (tertiary/aromatic N) is 6.